The number of rotatable bonds is 6. The van der Waals surface area contributed by atoms with E-state index in [9.17, 15) is 4.79 Å². The number of benzene rings is 1. The minimum absolute atomic E-state index is 0.0680. The molecule has 4 heteroatoms. The largest absolute Gasteiger partial charge is 0.494 e. The number of nitrogens with zero attached hydrogens (tertiary/aromatic N) is 1. The van der Waals surface area contributed by atoms with Crippen LogP contribution in [0.1, 0.15) is 25.7 Å². The summed E-state index contributed by atoms with van der Waals surface area (Å²) in [5.74, 6) is 0.934. The predicted octanol–water partition coefficient (Wildman–Crippen LogP) is 1.80. The molecule has 104 valence electrons. The standard InChI is InChI=1S/C15H22N2O2/c1-17(14(18)15(16)9-5-10-15)11-6-12-19-13-7-3-2-4-8-13/h2-4,7-8H,5-6,9-12,16H2,1H3. The summed E-state index contributed by atoms with van der Waals surface area (Å²) >= 11 is 0. The number of likely N-dealkylation sites (N-methyl/N-ethyl adjacent to an activating group) is 1. The van der Waals surface area contributed by atoms with Crippen LogP contribution >= 0.6 is 0 Å². The molecular formula is C15H22N2O2. The maximum Gasteiger partial charge on any atom is 0.242 e. The number of amides is 1. The van der Waals surface area contributed by atoms with Crippen LogP contribution in [0.5, 0.6) is 5.75 Å². The van der Waals surface area contributed by atoms with Gasteiger partial charge in [0.25, 0.3) is 0 Å². The van der Waals surface area contributed by atoms with Crippen LogP contribution in [0.3, 0.4) is 0 Å². The van der Waals surface area contributed by atoms with E-state index in [0.29, 0.717) is 13.2 Å². The smallest absolute Gasteiger partial charge is 0.242 e. The molecule has 0 bridgehead atoms. The number of hydrogen-bond donors (Lipinski definition) is 1. The Kier molecular flexibility index (Phi) is 4.43. The minimum Gasteiger partial charge on any atom is -0.494 e. The highest BCUT2D eigenvalue weighted by atomic mass is 16.5. The number of ether oxygens (including phenoxy) is 1. The van der Waals surface area contributed by atoms with Gasteiger partial charge in [-0.3, -0.25) is 4.79 Å². The van der Waals surface area contributed by atoms with E-state index in [1.54, 1.807) is 4.90 Å². The van der Waals surface area contributed by atoms with Gasteiger partial charge in [0, 0.05) is 13.6 Å². The highest BCUT2D eigenvalue weighted by molar-refractivity contribution is 5.86. The predicted molar refractivity (Wildman–Crippen MR) is 75.0 cm³/mol. The average molecular weight is 262 g/mol. The molecule has 19 heavy (non-hydrogen) atoms. The number of carbonyl (C=O) groups is 1. The zero-order chi connectivity index (χ0) is 13.7. The summed E-state index contributed by atoms with van der Waals surface area (Å²) < 4.78 is 5.59. The molecule has 0 radical (unpaired) electrons. The highest BCUT2D eigenvalue weighted by Crippen LogP contribution is 2.30. The molecule has 1 fully saturated rings. The molecule has 1 aliphatic carbocycles. The molecule has 0 aliphatic heterocycles. The Morgan fingerprint density at radius 1 is 1.37 bits per heavy atom. The molecule has 0 spiro atoms. The van der Waals surface area contributed by atoms with Gasteiger partial charge in [-0.1, -0.05) is 18.2 Å². The average Bonchev–Trinajstić information content (AvgIpc) is 2.41. The van der Waals surface area contributed by atoms with Crippen molar-refractivity contribution in [3.05, 3.63) is 30.3 Å². The van der Waals surface area contributed by atoms with Gasteiger partial charge in [-0.25, -0.2) is 0 Å². The number of hydrogen-bond acceptors (Lipinski definition) is 3. The molecule has 0 aromatic heterocycles. The zero-order valence-corrected chi connectivity index (χ0v) is 11.5. The SMILES string of the molecule is CN(CCCOc1ccccc1)C(=O)C1(N)CCC1. The second-order valence-electron chi connectivity index (χ2n) is 5.25. The molecule has 1 aromatic carbocycles. The van der Waals surface area contributed by atoms with Crippen molar-refractivity contribution in [1.29, 1.82) is 0 Å². The summed E-state index contributed by atoms with van der Waals surface area (Å²) in [6.07, 6.45) is 3.51. The number of para-hydroxylation sites is 1. The van der Waals surface area contributed by atoms with Crippen LogP contribution in [-0.2, 0) is 4.79 Å². The molecule has 4 nitrogen and oxygen atoms in total. The van der Waals surface area contributed by atoms with E-state index in [0.717, 1.165) is 31.4 Å². The first-order valence-corrected chi connectivity index (χ1v) is 6.84. The zero-order valence-electron chi connectivity index (χ0n) is 11.5. The third-order valence-electron chi connectivity index (χ3n) is 3.67. The summed E-state index contributed by atoms with van der Waals surface area (Å²) in [6.45, 7) is 1.30. The third kappa shape index (κ3) is 3.47. The molecule has 1 aromatic rings. The molecule has 0 saturated heterocycles. The van der Waals surface area contributed by atoms with E-state index in [1.165, 1.54) is 0 Å². The summed E-state index contributed by atoms with van der Waals surface area (Å²) in [5, 5.41) is 0. The van der Waals surface area contributed by atoms with Crippen LogP contribution < -0.4 is 10.5 Å². The van der Waals surface area contributed by atoms with Crippen LogP contribution in [0.25, 0.3) is 0 Å². The number of nitrogens with two attached hydrogens (primary N) is 1. The van der Waals surface area contributed by atoms with Gasteiger partial charge in [0.15, 0.2) is 0 Å². The van der Waals surface area contributed by atoms with Crippen molar-refractivity contribution < 1.29 is 9.53 Å². The Balaban J connectivity index is 1.67. The first-order valence-electron chi connectivity index (χ1n) is 6.84. The number of carbonyl (C=O) groups excluding carboxylic acids is 1. The van der Waals surface area contributed by atoms with Crippen molar-refractivity contribution in [2.24, 2.45) is 5.73 Å². The lowest BCUT2D eigenvalue weighted by Gasteiger charge is -2.39. The molecular weight excluding hydrogens is 240 g/mol. The quantitative estimate of drug-likeness (QED) is 0.795. The van der Waals surface area contributed by atoms with Gasteiger partial charge in [0.05, 0.1) is 12.1 Å². The normalized spacial score (nSPS) is 16.5. The van der Waals surface area contributed by atoms with Gasteiger partial charge >= 0.3 is 0 Å². The first-order chi connectivity index (χ1) is 9.12. The van der Waals surface area contributed by atoms with Gasteiger partial charge in [-0.15, -0.1) is 0 Å². The Bertz CT molecular complexity index is 415. The molecule has 0 heterocycles. The van der Waals surface area contributed by atoms with E-state index >= 15 is 0 Å². The minimum atomic E-state index is -0.588. The van der Waals surface area contributed by atoms with Crippen molar-refractivity contribution in [1.82, 2.24) is 4.90 Å². The van der Waals surface area contributed by atoms with Crippen LogP contribution in [0, 0.1) is 0 Å². The van der Waals surface area contributed by atoms with Crippen LogP contribution in [0.15, 0.2) is 30.3 Å². The molecule has 1 aliphatic rings. The Morgan fingerprint density at radius 2 is 2.05 bits per heavy atom. The Hall–Kier alpha value is -1.55. The van der Waals surface area contributed by atoms with Gasteiger partial charge in [0.2, 0.25) is 5.91 Å². The van der Waals surface area contributed by atoms with Gasteiger partial charge in [0.1, 0.15) is 5.75 Å². The summed E-state index contributed by atoms with van der Waals surface area (Å²) in [7, 11) is 1.82. The lowest BCUT2D eigenvalue weighted by molar-refractivity contribution is -0.138. The van der Waals surface area contributed by atoms with Gasteiger partial charge in [-0.2, -0.15) is 0 Å². The maximum atomic E-state index is 12.1. The molecule has 2 N–H and O–H groups in total. The fourth-order valence-corrected chi connectivity index (χ4v) is 2.26. The first kappa shape index (κ1) is 13.9. The summed E-state index contributed by atoms with van der Waals surface area (Å²) in [5.41, 5.74) is 5.43. The fourth-order valence-electron chi connectivity index (χ4n) is 2.26. The highest BCUT2D eigenvalue weighted by Gasteiger charge is 2.41. The second kappa shape index (κ2) is 6.06. The molecule has 0 unspecified atom stereocenters. The van der Waals surface area contributed by atoms with E-state index in [-0.39, 0.29) is 5.91 Å². The van der Waals surface area contributed by atoms with E-state index in [2.05, 4.69) is 0 Å². The molecule has 1 amide bonds. The fraction of sp³-hybridized carbons (Fsp3) is 0.533. The Morgan fingerprint density at radius 3 is 2.63 bits per heavy atom. The van der Waals surface area contributed by atoms with Crippen molar-refractivity contribution in [2.45, 2.75) is 31.2 Å². The van der Waals surface area contributed by atoms with E-state index in [4.69, 9.17) is 10.5 Å². The summed E-state index contributed by atoms with van der Waals surface area (Å²) in [6, 6.07) is 9.70. The van der Waals surface area contributed by atoms with Crippen LogP contribution in [0.4, 0.5) is 0 Å². The molecule has 2 rings (SSSR count). The third-order valence-corrected chi connectivity index (χ3v) is 3.67. The lowest BCUT2D eigenvalue weighted by Crippen LogP contribution is -2.58. The monoisotopic (exact) mass is 262 g/mol. The molecule has 1 saturated carbocycles. The topological polar surface area (TPSA) is 55.6 Å². The Labute approximate surface area is 114 Å². The van der Waals surface area contributed by atoms with Crippen LogP contribution in [-0.4, -0.2) is 36.5 Å². The van der Waals surface area contributed by atoms with Crippen molar-refractivity contribution >= 4 is 5.91 Å². The van der Waals surface area contributed by atoms with Gasteiger partial charge < -0.3 is 15.4 Å². The van der Waals surface area contributed by atoms with E-state index < -0.39 is 5.54 Å². The van der Waals surface area contributed by atoms with Crippen molar-refractivity contribution in [3.8, 4) is 5.75 Å². The summed E-state index contributed by atoms with van der Waals surface area (Å²) in [4.78, 5) is 13.8. The van der Waals surface area contributed by atoms with Gasteiger partial charge in [-0.05, 0) is 37.8 Å². The molecule has 0 atom stereocenters. The van der Waals surface area contributed by atoms with Crippen molar-refractivity contribution in [3.63, 3.8) is 0 Å². The lowest BCUT2D eigenvalue weighted by atomic mass is 9.76. The van der Waals surface area contributed by atoms with E-state index in [1.807, 2.05) is 37.4 Å². The van der Waals surface area contributed by atoms with Crippen LogP contribution in [0.2, 0.25) is 0 Å². The maximum absolute atomic E-state index is 12.1. The van der Waals surface area contributed by atoms with Crippen molar-refractivity contribution in [2.75, 3.05) is 20.2 Å². The second-order valence-corrected chi connectivity index (χ2v) is 5.25.